The van der Waals surface area contributed by atoms with Crippen LogP contribution in [0.15, 0.2) is 34.9 Å². The zero-order valence-corrected chi connectivity index (χ0v) is 9.90. The largest absolute Gasteiger partial charge is 0.467 e. The first kappa shape index (κ1) is 11.5. The summed E-state index contributed by atoms with van der Waals surface area (Å²) in [4.78, 5) is 1.93. The van der Waals surface area contributed by atoms with Crippen LogP contribution >= 0.6 is 0 Å². The smallest absolute Gasteiger partial charge is 0.128 e. The average Bonchev–Trinajstić information content (AvgIpc) is 2.76. The lowest BCUT2D eigenvalue weighted by Gasteiger charge is -2.20. The Balaban J connectivity index is 2.24. The Hall–Kier alpha value is -1.97. The zero-order valence-electron chi connectivity index (χ0n) is 9.90. The number of halogens is 1. The third-order valence-electron chi connectivity index (χ3n) is 2.69. The molecule has 0 unspecified atom stereocenters. The van der Waals surface area contributed by atoms with Gasteiger partial charge in [-0.05, 0) is 36.8 Å². The molecule has 0 saturated heterocycles. The van der Waals surface area contributed by atoms with Crippen molar-refractivity contribution in [3.8, 4) is 0 Å². The Labute approximate surface area is 99.6 Å². The maximum atomic E-state index is 13.3. The summed E-state index contributed by atoms with van der Waals surface area (Å²) in [6, 6.07) is 6.82. The first-order valence-corrected chi connectivity index (χ1v) is 5.37. The van der Waals surface area contributed by atoms with Crippen LogP contribution in [-0.4, -0.2) is 7.05 Å². The molecule has 0 amide bonds. The molecule has 0 radical (unpaired) electrons. The van der Waals surface area contributed by atoms with Crippen molar-refractivity contribution in [2.45, 2.75) is 13.5 Å². The van der Waals surface area contributed by atoms with E-state index in [2.05, 4.69) is 0 Å². The van der Waals surface area contributed by atoms with Crippen LogP contribution in [-0.2, 0) is 6.54 Å². The highest BCUT2D eigenvalue weighted by atomic mass is 19.1. The predicted molar refractivity (Wildman–Crippen MR) is 66.4 cm³/mol. The molecule has 0 atom stereocenters. The van der Waals surface area contributed by atoms with Gasteiger partial charge in [-0.1, -0.05) is 0 Å². The third-order valence-corrected chi connectivity index (χ3v) is 2.69. The number of hydrogen-bond donors (Lipinski definition) is 1. The number of furan rings is 1. The first-order valence-electron chi connectivity index (χ1n) is 5.37. The van der Waals surface area contributed by atoms with E-state index in [0.29, 0.717) is 17.8 Å². The molecule has 2 rings (SSSR count). The van der Waals surface area contributed by atoms with E-state index >= 15 is 0 Å². The molecule has 2 aromatic rings. The van der Waals surface area contributed by atoms with Gasteiger partial charge in [0, 0.05) is 7.05 Å². The Morgan fingerprint density at radius 3 is 2.82 bits per heavy atom. The van der Waals surface area contributed by atoms with Crippen LogP contribution in [0, 0.1) is 12.7 Å². The lowest BCUT2D eigenvalue weighted by atomic mass is 10.1. The van der Waals surface area contributed by atoms with Gasteiger partial charge in [0.05, 0.1) is 24.2 Å². The highest BCUT2D eigenvalue weighted by Crippen LogP contribution is 2.26. The third kappa shape index (κ3) is 2.41. The van der Waals surface area contributed by atoms with Gasteiger partial charge in [-0.3, -0.25) is 0 Å². The highest BCUT2D eigenvalue weighted by Gasteiger charge is 2.10. The van der Waals surface area contributed by atoms with Crippen LogP contribution in [0.25, 0.3) is 0 Å². The van der Waals surface area contributed by atoms with Crippen molar-refractivity contribution in [2.75, 3.05) is 17.7 Å². The van der Waals surface area contributed by atoms with Crippen LogP contribution in [0.4, 0.5) is 15.8 Å². The molecule has 4 heteroatoms. The van der Waals surface area contributed by atoms with Crippen molar-refractivity contribution < 1.29 is 8.81 Å². The van der Waals surface area contributed by atoms with Crippen molar-refractivity contribution in [1.29, 1.82) is 0 Å². The van der Waals surface area contributed by atoms with E-state index < -0.39 is 0 Å². The first-order chi connectivity index (χ1) is 8.08. The number of nitrogen functional groups attached to an aromatic ring is 1. The molecule has 0 aliphatic heterocycles. The number of nitrogens with zero attached hydrogens (tertiary/aromatic N) is 1. The number of anilines is 2. The number of benzene rings is 1. The summed E-state index contributed by atoms with van der Waals surface area (Å²) in [6.45, 7) is 2.32. The predicted octanol–water partition coefficient (Wildman–Crippen LogP) is 2.95. The maximum absolute atomic E-state index is 13.3. The summed E-state index contributed by atoms with van der Waals surface area (Å²) in [7, 11) is 1.89. The van der Waals surface area contributed by atoms with E-state index in [9.17, 15) is 4.39 Å². The van der Waals surface area contributed by atoms with Crippen molar-refractivity contribution >= 4 is 11.4 Å². The zero-order chi connectivity index (χ0) is 12.4. The Bertz CT molecular complexity index is 508. The standard InChI is InChI=1S/C13H15FN2O/c1-9-6-13(12(15)7-11(9)14)16(2)8-10-4-3-5-17-10/h3-7H,8,15H2,1-2H3. The summed E-state index contributed by atoms with van der Waals surface area (Å²) < 4.78 is 18.5. The molecule has 1 aromatic carbocycles. The average molecular weight is 234 g/mol. The minimum absolute atomic E-state index is 0.280. The molecule has 90 valence electrons. The minimum Gasteiger partial charge on any atom is -0.467 e. The van der Waals surface area contributed by atoms with Crippen molar-refractivity contribution in [2.24, 2.45) is 0 Å². The van der Waals surface area contributed by atoms with Crippen LogP contribution in [0.5, 0.6) is 0 Å². The molecule has 0 saturated carbocycles. The molecule has 1 heterocycles. The second-order valence-electron chi connectivity index (χ2n) is 4.10. The normalized spacial score (nSPS) is 10.5. The maximum Gasteiger partial charge on any atom is 0.128 e. The summed E-state index contributed by atoms with van der Waals surface area (Å²) in [5.41, 5.74) is 7.63. The summed E-state index contributed by atoms with van der Waals surface area (Å²) >= 11 is 0. The van der Waals surface area contributed by atoms with Gasteiger partial charge in [-0.25, -0.2) is 4.39 Å². The topological polar surface area (TPSA) is 42.4 Å². The van der Waals surface area contributed by atoms with E-state index in [1.807, 2.05) is 24.1 Å². The Kier molecular flexibility index (Phi) is 3.04. The van der Waals surface area contributed by atoms with E-state index in [4.69, 9.17) is 10.2 Å². The molecular weight excluding hydrogens is 219 g/mol. The van der Waals surface area contributed by atoms with E-state index in [-0.39, 0.29) is 5.82 Å². The summed E-state index contributed by atoms with van der Waals surface area (Å²) in [6.07, 6.45) is 1.63. The van der Waals surface area contributed by atoms with Crippen molar-refractivity contribution in [3.63, 3.8) is 0 Å². The van der Waals surface area contributed by atoms with Gasteiger partial charge in [-0.2, -0.15) is 0 Å². The molecule has 1 aromatic heterocycles. The van der Waals surface area contributed by atoms with Gasteiger partial charge in [0.1, 0.15) is 11.6 Å². The van der Waals surface area contributed by atoms with E-state index in [1.165, 1.54) is 6.07 Å². The number of aryl methyl sites for hydroxylation is 1. The van der Waals surface area contributed by atoms with Gasteiger partial charge in [-0.15, -0.1) is 0 Å². The quantitative estimate of drug-likeness (QED) is 0.830. The molecule has 0 aliphatic carbocycles. The molecule has 17 heavy (non-hydrogen) atoms. The highest BCUT2D eigenvalue weighted by molar-refractivity contribution is 5.68. The number of rotatable bonds is 3. The lowest BCUT2D eigenvalue weighted by molar-refractivity contribution is 0.507. The number of nitrogens with two attached hydrogens (primary N) is 1. The summed E-state index contributed by atoms with van der Waals surface area (Å²) in [5, 5.41) is 0. The van der Waals surface area contributed by atoms with Gasteiger partial charge < -0.3 is 15.1 Å². The molecular formula is C13H15FN2O. The van der Waals surface area contributed by atoms with Crippen LogP contribution in [0.2, 0.25) is 0 Å². The lowest BCUT2D eigenvalue weighted by Crippen LogP contribution is -2.17. The second-order valence-corrected chi connectivity index (χ2v) is 4.10. The fraction of sp³-hybridized carbons (Fsp3) is 0.231. The SMILES string of the molecule is Cc1cc(N(C)Cc2ccco2)c(N)cc1F. The fourth-order valence-electron chi connectivity index (χ4n) is 1.73. The van der Waals surface area contributed by atoms with Crippen molar-refractivity contribution in [3.05, 3.63) is 47.7 Å². The molecule has 0 spiro atoms. The molecule has 0 bridgehead atoms. The van der Waals surface area contributed by atoms with E-state index in [1.54, 1.807) is 19.3 Å². The van der Waals surface area contributed by atoms with Gasteiger partial charge >= 0.3 is 0 Å². The molecule has 3 nitrogen and oxygen atoms in total. The van der Waals surface area contributed by atoms with Crippen LogP contribution in [0.1, 0.15) is 11.3 Å². The Morgan fingerprint density at radius 1 is 1.41 bits per heavy atom. The Morgan fingerprint density at radius 2 is 2.18 bits per heavy atom. The van der Waals surface area contributed by atoms with Crippen LogP contribution < -0.4 is 10.6 Å². The van der Waals surface area contributed by atoms with Gasteiger partial charge in [0.25, 0.3) is 0 Å². The van der Waals surface area contributed by atoms with Crippen LogP contribution in [0.3, 0.4) is 0 Å². The minimum atomic E-state index is -0.280. The van der Waals surface area contributed by atoms with Crippen molar-refractivity contribution in [1.82, 2.24) is 0 Å². The van der Waals surface area contributed by atoms with Gasteiger partial charge in [0.2, 0.25) is 0 Å². The molecule has 0 aliphatic rings. The fourth-order valence-corrected chi connectivity index (χ4v) is 1.73. The molecule has 0 fully saturated rings. The van der Waals surface area contributed by atoms with Gasteiger partial charge in [0.15, 0.2) is 0 Å². The number of hydrogen-bond acceptors (Lipinski definition) is 3. The second kappa shape index (κ2) is 4.49. The molecule has 2 N–H and O–H groups in total. The van der Waals surface area contributed by atoms with E-state index in [0.717, 1.165) is 11.4 Å². The summed E-state index contributed by atoms with van der Waals surface area (Å²) in [5.74, 6) is 0.562. The monoisotopic (exact) mass is 234 g/mol.